The van der Waals surface area contributed by atoms with Crippen molar-refractivity contribution in [3.05, 3.63) is 29.3 Å². The van der Waals surface area contributed by atoms with Crippen LogP contribution in [0.3, 0.4) is 0 Å². The van der Waals surface area contributed by atoms with Gasteiger partial charge in [-0.3, -0.25) is 4.79 Å². The summed E-state index contributed by atoms with van der Waals surface area (Å²) in [6.07, 6.45) is 0. The molecule has 2 rings (SSSR count). The fourth-order valence-corrected chi connectivity index (χ4v) is 3.04. The van der Waals surface area contributed by atoms with Crippen LogP contribution in [0, 0.1) is 0 Å². The molecule has 1 heterocycles. The summed E-state index contributed by atoms with van der Waals surface area (Å²) < 4.78 is 10.9. The second-order valence-corrected chi connectivity index (χ2v) is 5.67. The van der Waals surface area contributed by atoms with Crippen molar-refractivity contribution < 1.29 is 14.3 Å². The first kappa shape index (κ1) is 17.3. The highest BCUT2D eigenvalue weighted by molar-refractivity contribution is 7.13. The minimum Gasteiger partial charge on any atom is -0.493 e. The number of ether oxygens (including phenoxy) is 2. The van der Waals surface area contributed by atoms with E-state index in [2.05, 4.69) is 4.98 Å². The number of benzene rings is 1. The first-order chi connectivity index (χ1) is 11.1. The summed E-state index contributed by atoms with van der Waals surface area (Å²) in [6.45, 7) is 7.80. The summed E-state index contributed by atoms with van der Waals surface area (Å²) >= 11 is 1.45. The SMILES string of the molecule is CCOc1ccc(-c2nc(C(=O)N(CC)CC)cs2)cc1OC. The fourth-order valence-electron chi connectivity index (χ4n) is 2.25. The lowest BCUT2D eigenvalue weighted by Gasteiger charge is -2.16. The van der Waals surface area contributed by atoms with E-state index in [0.717, 1.165) is 10.6 Å². The number of rotatable bonds is 7. The zero-order valence-corrected chi connectivity index (χ0v) is 14.8. The van der Waals surface area contributed by atoms with E-state index in [1.165, 1.54) is 11.3 Å². The maximum absolute atomic E-state index is 12.3. The fraction of sp³-hybridized carbons (Fsp3) is 0.412. The molecule has 0 unspecified atom stereocenters. The van der Waals surface area contributed by atoms with Crippen molar-refractivity contribution in [3.63, 3.8) is 0 Å². The van der Waals surface area contributed by atoms with Gasteiger partial charge in [0.1, 0.15) is 10.7 Å². The molecule has 0 spiro atoms. The largest absolute Gasteiger partial charge is 0.493 e. The van der Waals surface area contributed by atoms with Crippen LogP contribution in [0.15, 0.2) is 23.6 Å². The van der Waals surface area contributed by atoms with E-state index < -0.39 is 0 Å². The van der Waals surface area contributed by atoms with Crippen LogP contribution in [0.2, 0.25) is 0 Å². The number of carbonyl (C=O) groups is 1. The molecule has 2 aromatic rings. The van der Waals surface area contributed by atoms with Crippen molar-refractivity contribution >= 4 is 17.2 Å². The number of amides is 1. The van der Waals surface area contributed by atoms with Crippen molar-refractivity contribution in [2.24, 2.45) is 0 Å². The number of hydrogen-bond acceptors (Lipinski definition) is 5. The average Bonchev–Trinajstić information content (AvgIpc) is 3.06. The van der Waals surface area contributed by atoms with Gasteiger partial charge in [-0.25, -0.2) is 4.98 Å². The van der Waals surface area contributed by atoms with Gasteiger partial charge >= 0.3 is 0 Å². The van der Waals surface area contributed by atoms with Crippen LogP contribution in [0.25, 0.3) is 10.6 Å². The highest BCUT2D eigenvalue weighted by Crippen LogP contribution is 2.33. The molecule has 0 atom stereocenters. The number of thiazole rings is 1. The molecule has 0 N–H and O–H groups in total. The number of carbonyl (C=O) groups excluding carboxylic acids is 1. The molecule has 124 valence electrons. The molecule has 0 saturated heterocycles. The van der Waals surface area contributed by atoms with Gasteiger partial charge in [-0.15, -0.1) is 11.3 Å². The van der Waals surface area contributed by atoms with Crippen LogP contribution < -0.4 is 9.47 Å². The Kier molecular flexibility index (Phi) is 5.98. The highest BCUT2D eigenvalue weighted by Gasteiger charge is 2.17. The lowest BCUT2D eigenvalue weighted by atomic mass is 10.2. The van der Waals surface area contributed by atoms with Crippen LogP contribution in [0.1, 0.15) is 31.3 Å². The Morgan fingerprint density at radius 2 is 1.96 bits per heavy atom. The molecule has 5 nitrogen and oxygen atoms in total. The Balaban J connectivity index is 2.28. The summed E-state index contributed by atoms with van der Waals surface area (Å²) in [6, 6.07) is 5.68. The molecular formula is C17H22N2O3S. The number of nitrogens with zero attached hydrogens (tertiary/aromatic N) is 2. The summed E-state index contributed by atoms with van der Waals surface area (Å²) in [7, 11) is 1.61. The van der Waals surface area contributed by atoms with Gasteiger partial charge in [0.15, 0.2) is 11.5 Å². The smallest absolute Gasteiger partial charge is 0.273 e. The van der Waals surface area contributed by atoms with Crippen molar-refractivity contribution in [2.75, 3.05) is 26.8 Å². The minimum atomic E-state index is -0.0320. The predicted octanol–water partition coefficient (Wildman–Crippen LogP) is 3.70. The molecule has 0 aliphatic rings. The molecule has 0 aliphatic carbocycles. The summed E-state index contributed by atoms with van der Waals surface area (Å²) in [5.41, 5.74) is 1.40. The minimum absolute atomic E-state index is 0.0320. The lowest BCUT2D eigenvalue weighted by Crippen LogP contribution is -2.30. The highest BCUT2D eigenvalue weighted by atomic mass is 32.1. The quantitative estimate of drug-likeness (QED) is 0.775. The molecule has 0 saturated carbocycles. The Hall–Kier alpha value is -2.08. The average molecular weight is 334 g/mol. The predicted molar refractivity (Wildman–Crippen MR) is 92.5 cm³/mol. The lowest BCUT2D eigenvalue weighted by molar-refractivity contribution is 0.0768. The standard InChI is InChI=1S/C17H22N2O3S/c1-5-19(6-2)17(20)13-11-23-16(18-13)12-8-9-14(22-7-3)15(10-12)21-4/h8-11H,5-7H2,1-4H3. The molecule has 1 aromatic carbocycles. The van der Waals surface area contributed by atoms with Crippen molar-refractivity contribution in [1.82, 2.24) is 9.88 Å². The molecule has 1 aromatic heterocycles. The first-order valence-corrected chi connectivity index (χ1v) is 8.58. The van der Waals surface area contributed by atoms with Crippen LogP contribution in [0.4, 0.5) is 0 Å². The third kappa shape index (κ3) is 3.82. The second-order valence-electron chi connectivity index (χ2n) is 4.81. The molecule has 1 amide bonds. The van der Waals surface area contributed by atoms with Gasteiger partial charge in [0.25, 0.3) is 5.91 Å². The molecule has 6 heteroatoms. The Bertz CT molecular complexity index is 666. The van der Waals surface area contributed by atoms with E-state index in [-0.39, 0.29) is 5.91 Å². The van der Waals surface area contributed by atoms with Gasteiger partial charge in [0.05, 0.1) is 13.7 Å². The molecule has 23 heavy (non-hydrogen) atoms. The third-order valence-corrected chi connectivity index (χ3v) is 4.38. The summed E-state index contributed by atoms with van der Waals surface area (Å²) in [4.78, 5) is 18.6. The van der Waals surface area contributed by atoms with Gasteiger partial charge in [-0.05, 0) is 39.0 Å². The van der Waals surface area contributed by atoms with E-state index in [0.29, 0.717) is 36.9 Å². The van der Waals surface area contributed by atoms with Crippen LogP contribution >= 0.6 is 11.3 Å². The number of aromatic nitrogens is 1. The van der Waals surface area contributed by atoms with Gasteiger partial charge in [-0.2, -0.15) is 0 Å². The van der Waals surface area contributed by atoms with Gasteiger partial charge in [0, 0.05) is 24.0 Å². The van der Waals surface area contributed by atoms with Gasteiger partial charge < -0.3 is 14.4 Å². The van der Waals surface area contributed by atoms with Crippen molar-refractivity contribution in [2.45, 2.75) is 20.8 Å². The van der Waals surface area contributed by atoms with Gasteiger partial charge in [-0.1, -0.05) is 0 Å². The Labute approximate surface area is 140 Å². The molecule has 0 bridgehead atoms. The van der Waals surface area contributed by atoms with Crippen molar-refractivity contribution in [1.29, 1.82) is 0 Å². The molecule has 0 radical (unpaired) electrons. The molecule has 0 fully saturated rings. The van der Waals surface area contributed by atoms with E-state index in [1.807, 2.05) is 39.0 Å². The topological polar surface area (TPSA) is 51.7 Å². The number of methoxy groups -OCH3 is 1. The van der Waals surface area contributed by atoms with E-state index in [9.17, 15) is 4.79 Å². The monoisotopic (exact) mass is 334 g/mol. The molecule has 0 aliphatic heterocycles. The van der Waals surface area contributed by atoms with Crippen LogP contribution in [0.5, 0.6) is 11.5 Å². The van der Waals surface area contributed by atoms with Crippen LogP contribution in [-0.2, 0) is 0 Å². The third-order valence-electron chi connectivity index (χ3n) is 3.48. The van der Waals surface area contributed by atoms with E-state index in [4.69, 9.17) is 9.47 Å². The zero-order chi connectivity index (χ0) is 16.8. The maximum Gasteiger partial charge on any atom is 0.273 e. The summed E-state index contributed by atoms with van der Waals surface area (Å²) in [5, 5.41) is 2.60. The van der Waals surface area contributed by atoms with E-state index >= 15 is 0 Å². The van der Waals surface area contributed by atoms with Gasteiger partial charge in [0.2, 0.25) is 0 Å². The maximum atomic E-state index is 12.3. The Morgan fingerprint density at radius 3 is 2.57 bits per heavy atom. The Morgan fingerprint density at radius 1 is 1.22 bits per heavy atom. The zero-order valence-electron chi connectivity index (χ0n) is 14.0. The second kappa shape index (κ2) is 7.97. The van der Waals surface area contributed by atoms with Crippen LogP contribution in [-0.4, -0.2) is 42.6 Å². The van der Waals surface area contributed by atoms with Crippen molar-refractivity contribution in [3.8, 4) is 22.1 Å². The summed E-state index contributed by atoms with van der Waals surface area (Å²) in [5.74, 6) is 1.33. The first-order valence-electron chi connectivity index (χ1n) is 7.70. The normalized spacial score (nSPS) is 10.4. The molecular weight excluding hydrogens is 312 g/mol. The number of hydrogen-bond donors (Lipinski definition) is 0. The van der Waals surface area contributed by atoms with E-state index in [1.54, 1.807) is 17.4 Å².